The first-order valence-corrected chi connectivity index (χ1v) is 8.16. The maximum absolute atomic E-state index is 4.67. The Kier molecular flexibility index (Phi) is 6.03. The second-order valence-corrected chi connectivity index (χ2v) is 5.70. The van der Waals surface area contributed by atoms with Gasteiger partial charge in [0, 0.05) is 12.1 Å². The van der Waals surface area contributed by atoms with Crippen LogP contribution >= 0.6 is 0 Å². The van der Waals surface area contributed by atoms with E-state index in [1.165, 1.54) is 57.1 Å². The van der Waals surface area contributed by atoms with E-state index < -0.39 is 0 Å². The van der Waals surface area contributed by atoms with E-state index in [4.69, 9.17) is 0 Å². The topological polar surface area (TPSA) is 30.2 Å². The molecule has 20 heavy (non-hydrogen) atoms. The fourth-order valence-electron chi connectivity index (χ4n) is 2.76. The van der Waals surface area contributed by atoms with E-state index in [-0.39, 0.29) is 0 Å². The zero-order valence-corrected chi connectivity index (χ0v) is 12.9. The molecule has 3 heteroatoms. The van der Waals surface area contributed by atoms with E-state index in [1.807, 2.05) is 6.07 Å². The molecule has 0 saturated heterocycles. The molecule has 0 aliphatic rings. The Balaban J connectivity index is 2.04. The van der Waals surface area contributed by atoms with E-state index in [2.05, 4.69) is 36.2 Å². The van der Waals surface area contributed by atoms with E-state index in [0.29, 0.717) is 5.92 Å². The number of fused-ring (bicyclic) bond motifs is 1. The summed E-state index contributed by atoms with van der Waals surface area (Å²) in [5.41, 5.74) is 2.34. The second kappa shape index (κ2) is 8.03. The van der Waals surface area contributed by atoms with Crippen molar-refractivity contribution in [3.05, 3.63) is 30.1 Å². The smallest absolute Gasteiger partial charge is 0.0876 e. The molecule has 0 radical (unpaired) electrons. The molecule has 0 bridgehead atoms. The highest BCUT2D eigenvalue weighted by Crippen LogP contribution is 2.27. The van der Waals surface area contributed by atoms with E-state index in [9.17, 15) is 0 Å². The SMILES string of the molecule is CCCCCCC(CCCC)c1cc2cccnn2n1. The molecule has 0 aromatic carbocycles. The summed E-state index contributed by atoms with van der Waals surface area (Å²) >= 11 is 0. The Morgan fingerprint density at radius 3 is 2.60 bits per heavy atom. The largest absolute Gasteiger partial charge is 0.159 e. The van der Waals surface area contributed by atoms with Crippen LogP contribution in [0.5, 0.6) is 0 Å². The number of unbranched alkanes of at least 4 members (excludes halogenated alkanes) is 4. The molecular formula is C17H27N3. The number of hydrogen-bond acceptors (Lipinski definition) is 2. The highest BCUT2D eigenvalue weighted by Gasteiger charge is 2.15. The van der Waals surface area contributed by atoms with Gasteiger partial charge >= 0.3 is 0 Å². The average Bonchev–Trinajstić information content (AvgIpc) is 2.90. The lowest BCUT2D eigenvalue weighted by molar-refractivity contribution is 0.496. The molecule has 0 saturated carbocycles. The molecule has 2 aromatic heterocycles. The van der Waals surface area contributed by atoms with Gasteiger partial charge in [-0.1, -0.05) is 52.4 Å². The summed E-state index contributed by atoms with van der Waals surface area (Å²) in [6, 6.07) is 6.27. The molecular weight excluding hydrogens is 246 g/mol. The third kappa shape index (κ3) is 4.06. The molecule has 1 unspecified atom stereocenters. The van der Waals surface area contributed by atoms with Crippen molar-refractivity contribution in [2.24, 2.45) is 0 Å². The Morgan fingerprint density at radius 2 is 1.85 bits per heavy atom. The van der Waals surface area contributed by atoms with Gasteiger partial charge in [0.25, 0.3) is 0 Å². The summed E-state index contributed by atoms with van der Waals surface area (Å²) < 4.78 is 1.76. The molecule has 2 heterocycles. The lowest BCUT2D eigenvalue weighted by Gasteiger charge is -2.13. The van der Waals surface area contributed by atoms with Crippen LogP contribution in [0.15, 0.2) is 24.4 Å². The molecule has 0 spiro atoms. The molecule has 3 nitrogen and oxygen atoms in total. The average molecular weight is 273 g/mol. The van der Waals surface area contributed by atoms with E-state index >= 15 is 0 Å². The standard InChI is InChI=1S/C17H27N3/c1-3-5-7-8-11-15(10-6-4-2)17-14-16-12-9-13-18-20(16)19-17/h9,12-15H,3-8,10-11H2,1-2H3. The fraction of sp³-hybridized carbons (Fsp3) is 0.647. The van der Waals surface area contributed by atoms with Crippen LogP contribution in [-0.4, -0.2) is 14.8 Å². The highest BCUT2D eigenvalue weighted by molar-refractivity contribution is 5.46. The minimum Gasteiger partial charge on any atom is -0.159 e. The summed E-state index contributed by atoms with van der Waals surface area (Å²) in [7, 11) is 0. The van der Waals surface area contributed by atoms with Crippen molar-refractivity contribution in [1.29, 1.82) is 0 Å². The molecule has 2 aromatic rings. The fourth-order valence-corrected chi connectivity index (χ4v) is 2.76. The van der Waals surface area contributed by atoms with Crippen LogP contribution in [-0.2, 0) is 0 Å². The lowest BCUT2D eigenvalue weighted by atomic mass is 9.92. The van der Waals surface area contributed by atoms with Gasteiger partial charge < -0.3 is 0 Å². The first-order chi connectivity index (χ1) is 9.85. The van der Waals surface area contributed by atoms with Gasteiger partial charge in [-0.15, -0.1) is 0 Å². The maximum Gasteiger partial charge on any atom is 0.0876 e. The Labute approximate surface area is 122 Å². The zero-order valence-electron chi connectivity index (χ0n) is 12.9. The normalized spacial score (nSPS) is 12.9. The van der Waals surface area contributed by atoms with Crippen molar-refractivity contribution >= 4 is 5.52 Å². The quantitative estimate of drug-likeness (QED) is 0.603. The van der Waals surface area contributed by atoms with Crippen molar-refractivity contribution in [1.82, 2.24) is 14.8 Å². The van der Waals surface area contributed by atoms with Gasteiger partial charge in [-0.05, 0) is 31.0 Å². The van der Waals surface area contributed by atoms with Crippen molar-refractivity contribution in [2.75, 3.05) is 0 Å². The lowest BCUT2D eigenvalue weighted by Crippen LogP contribution is -2.01. The molecule has 0 fully saturated rings. The Bertz CT molecular complexity index is 471. The van der Waals surface area contributed by atoms with E-state index in [1.54, 1.807) is 10.8 Å². The zero-order chi connectivity index (χ0) is 14.2. The highest BCUT2D eigenvalue weighted by atomic mass is 15.4. The van der Waals surface area contributed by atoms with Crippen LogP contribution in [0, 0.1) is 0 Å². The van der Waals surface area contributed by atoms with Crippen LogP contribution in [0.4, 0.5) is 0 Å². The molecule has 2 rings (SSSR count). The van der Waals surface area contributed by atoms with Gasteiger partial charge in [0.05, 0.1) is 11.2 Å². The summed E-state index contributed by atoms with van der Waals surface area (Å²) in [5, 5.41) is 8.95. The molecule has 110 valence electrons. The van der Waals surface area contributed by atoms with Crippen molar-refractivity contribution in [2.45, 2.75) is 71.1 Å². The first kappa shape index (κ1) is 15.0. The minimum atomic E-state index is 0.605. The summed E-state index contributed by atoms with van der Waals surface area (Å²) in [4.78, 5) is 0. The van der Waals surface area contributed by atoms with Gasteiger partial charge in [-0.3, -0.25) is 0 Å². The van der Waals surface area contributed by atoms with Gasteiger partial charge in [0.15, 0.2) is 0 Å². The first-order valence-electron chi connectivity index (χ1n) is 8.16. The maximum atomic E-state index is 4.67. The van der Waals surface area contributed by atoms with Crippen molar-refractivity contribution in [3.8, 4) is 0 Å². The molecule has 0 N–H and O–H groups in total. The predicted molar refractivity (Wildman–Crippen MR) is 84.0 cm³/mol. The van der Waals surface area contributed by atoms with Crippen LogP contribution < -0.4 is 0 Å². The van der Waals surface area contributed by atoms with E-state index in [0.717, 1.165) is 5.52 Å². The van der Waals surface area contributed by atoms with Crippen LogP contribution in [0.2, 0.25) is 0 Å². The van der Waals surface area contributed by atoms with Gasteiger partial charge in [-0.2, -0.15) is 14.8 Å². The predicted octanol–water partition coefficient (Wildman–Crippen LogP) is 4.97. The summed E-state index contributed by atoms with van der Waals surface area (Å²) in [6.07, 6.45) is 12.2. The van der Waals surface area contributed by atoms with Crippen molar-refractivity contribution < 1.29 is 0 Å². The second-order valence-electron chi connectivity index (χ2n) is 5.70. The van der Waals surface area contributed by atoms with Gasteiger partial charge in [0.2, 0.25) is 0 Å². The van der Waals surface area contributed by atoms with Gasteiger partial charge in [0.1, 0.15) is 0 Å². The molecule has 0 aliphatic heterocycles. The number of rotatable bonds is 9. The third-order valence-corrected chi connectivity index (χ3v) is 4.00. The molecule has 1 atom stereocenters. The summed E-state index contributed by atoms with van der Waals surface area (Å²) in [5.74, 6) is 0.605. The number of aromatic nitrogens is 3. The Hall–Kier alpha value is -1.38. The third-order valence-electron chi connectivity index (χ3n) is 4.00. The monoisotopic (exact) mass is 273 g/mol. The van der Waals surface area contributed by atoms with Crippen LogP contribution in [0.3, 0.4) is 0 Å². The minimum absolute atomic E-state index is 0.605. The molecule has 0 aliphatic carbocycles. The summed E-state index contributed by atoms with van der Waals surface area (Å²) in [6.45, 7) is 4.53. The number of hydrogen-bond donors (Lipinski definition) is 0. The molecule has 0 amide bonds. The van der Waals surface area contributed by atoms with Crippen molar-refractivity contribution in [3.63, 3.8) is 0 Å². The Morgan fingerprint density at radius 1 is 1.05 bits per heavy atom. The van der Waals surface area contributed by atoms with Gasteiger partial charge in [-0.25, -0.2) is 0 Å². The number of nitrogens with zero attached hydrogens (tertiary/aromatic N) is 3. The van der Waals surface area contributed by atoms with Crippen LogP contribution in [0.25, 0.3) is 5.52 Å². The van der Waals surface area contributed by atoms with Crippen LogP contribution in [0.1, 0.15) is 76.8 Å².